The van der Waals surface area contributed by atoms with Crippen molar-refractivity contribution in [3.8, 4) is 5.69 Å². The standard InChI is InChI=1S/C41H35N5.C2H6/c1-3-12-28(13-4-1)39-40-38(21-23-43-39)46(32-15-5-2-6-16-32)41(44-40)31-24-30(29-14-11-22-42-27-29)25-33(26-31)45-36-19-9-7-17-34(36)35-18-8-10-20-37(35)45;1-2/h1-7,9-17,19-21,23-27,39,41-44H,8,18,22H2;1-2H3. The second-order valence-corrected chi connectivity index (χ2v) is 12.3. The number of dihydropyridines is 2. The van der Waals surface area contributed by atoms with E-state index in [1.165, 1.54) is 61.5 Å². The number of rotatable bonds is 5. The molecule has 0 bridgehead atoms. The molecule has 0 fully saturated rings. The second-order valence-electron chi connectivity index (χ2n) is 12.3. The van der Waals surface area contributed by atoms with Gasteiger partial charge in [0.05, 0.1) is 23.0 Å². The van der Waals surface area contributed by atoms with Crippen molar-refractivity contribution in [1.29, 1.82) is 0 Å². The Morgan fingerprint density at radius 1 is 0.729 bits per heavy atom. The quantitative estimate of drug-likeness (QED) is 0.182. The molecule has 0 amide bonds. The highest BCUT2D eigenvalue weighted by Gasteiger charge is 2.38. The fraction of sp³-hybridized carbons (Fsp3) is 0.163. The van der Waals surface area contributed by atoms with E-state index in [2.05, 4.69) is 171 Å². The lowest BCUT2D eigenvalue weighted by Crippen LogP contribution is -2.30. The van der Waals surface area contributed by atoms with E-state index in [0.29, 0.717) is 0 Å². The first-order valence-corrected chi connectivity index (χ1v) is 17.2. The van der Waals surface area contributed by atoms with Crippen molar-refractivity contribution in [2.45, 2.75) is 38.9 Å². The fourth-order valence-corrected chi connectivity index (χ4v) is 7.48. The third-order valence-electron chi connectivity index (χ3n) is 9.54. The number of hydrogen-bond acceptors (Lipinski definition) is 4. The highest BCUT2D eigenvalue weighted by molar-refractivity contribution is 5.91. The SMILES string of the molecule is C1=Cc2c(c3ccccc3n2-c2cc(C3=CNCC=C3)cc(C3NC4=C(C=CNC4c4ccccc4)N3c3ccccc3)c2)CC1.CC. The summed E-state index contributed by atoms with van der Waals surface area (Å²) in [7, 11) is 0. The molecule has 5 heteroatoms. The van der Waals surface area contributed by atoms with E-state index in [1.54, 1.807) is 0 Å². The zero-order chi connectivity index (χ0) is 32.5. The fourth-order valence-electron chi connectivity index (χ4n) is 7.48. The van der Waals surface area contributed by atoms with E-state index in [9.17, 15) is 0 Å². The Bertz CT molecular complexity index is 2110. The molecule has 0 saturated carbocycles. The molecule has 3 aliphatic heterocycles. The van der Waals surface area contributed by atoms with Gasteiger partial charge >= 0.3 is 0 Å². The molecule has 48 heavy (non-hydrogen) atoms. The van der Waals surface area contributed by atoms with Gasteiger partial charge in [-0.25, -0.2) is 0 Å². The summed E-state index contributed by atoms with van der Waals surface area (Å²) in [5.74, 6) is 0. The lowest BCUT2D eigenvalue weighted by Gasteiger charge is -2.30. The van der Waals surface area contributed by atoms with Gasteiger partial charge in [-0.05, 0) is 95.4 Å². The maximum atomic E-state index is 4.02. The van der Waals surface area contributed by atoms with Crippen LogP contribution in [0.5, 0.6) is 0 Å². The van der Waals surface area contributed by atoms with Crippen molar-refractivity contribution in [3.05, 3.63) is 179 Å². The van der Waals surface area contributed by atoms with Crippen molar-refractivity contribution in [2.75, 3.05) is 11.4 Å². The molecule has 4 aliphatic rings. The lowest BCUT2D eigenvalue weighted by molar-refractivity contribution is 0.590. The van der Waals surface area contributed by atoms with Crippen LogP contribution in [-0.4, -0.2) is 11.1 Å². The minimum atomic E-state index is -0.115. The van der Waals surface area contributed by atoms with E-state index >= 15 is 0 Å². The van der Waals surface area contributed by atoms with Crippen LogP contribution in [-0.2, 0) is 6.42 Å². The Labute approximate surface area is 283 Å². The molecular weight excluding hydrogens is 587 g/mol. The highest BCUT2D eigenvalue weighted by atomic mass is 15.3. The Morgan fingerprint density at radius 2 is 1.52 bits per heavy atom. The molecule has 0 saturated heterocycles. The minimum Gasteiger partial charge on any atom is -0.387 e. The average molecular weight is 628 g/mol. The summed E-state index contributed by atoms with van der Waals surface area (Å²) >= 11 is 0. The molecule has 1 aromatic heterocycles. The van der Waals surface area contributed by atoms with Gasteiger partial charge in [0.25, 0.3) is 0 Å². The van der Waals surface area contributed by atoms with Crippen molar-refractivity contribution in [2.24, 2.45) is 0 Å². The predicted molar refractivity (Wildman–Crippen MR) is 200 cm³/mol. The zero-order valence-electron chi connectivity index (χ0n) is 27.5. The molecule has 2 atom stereocenters. The number of anilines is 1. The Kier molecular flexibility index (Phi) is 7.95. The average Bonchev–Trinajstić information content (AvgIpc) is 3.73. The van der Waals surface area contributed by atoms with Gasteiger partial charge in [-0.2, -0.15) is 0 Å². The van der Waals surface area contributed by atoms with Crippen molar-refractivity contribution in [3.63, 3.8) is 0 Å². The molecule has 2 unspecified atom stereocenters. The number of fused-ring (bicyclic) bond motifs is 3. The first-order valence-electron chi connectivity index (χ1n) is 17.2. The number of aryl methyl sites for hydroxylation is 1. The van der Waals surface area contributed by atoms with E-state index in [1.807, 2.05) is 13.8 Å². The van der Waals surface area contributed by atoms with Crippen molar-refractivity contribution in [1.82, 2.24) is 20.5 Å². The van der Waals surface area contributed by atoms with Crippen LogP contribution in [0.2, 0.25) is 0 Å². The van der Waals surface area contributed by atoms with Gasteiger partial charge in [-0.3, -0.25) is 0 Å². The van der Waals surface area contributed by atoms with Crippen LogP contribution in [0.1, 0.15) is 60.4 Å². The van der Waals surface area contributed by atoms with Crippen LogP contribution >= 0.6 is 0 Å². The number of allylic oxidation sites excluding steroid dienone is 4. The molecule has 4 heterocycles. The topological polar surface area (TPSA) is 44.3 Å². The number of hydrogen-bond donors (Lipinski definition) is 3. The number of nitrogens with one attached hydrogen (secondary N) is 3. The van der Waals surface area contributed by atoms with Gasteiger partial charge in [-0.15, -0.1) is 0 Å². The van der Waals surface area contributed by atoms with E-state index in [0.717, 1.165) is 25.1 Å². The van der Waals surface area contributed by atoms with Crippen LogP contribution in [0.15, 0.2) is 151 Å². The molecule has 0 spiro atoms. The van der Waals surface area contributed by atoms with Crippen LogP contribution in [0, 0.1) is 0 Å². The first kappa shape index (κ1) is 29.7. The maximum Gasteiger partial charge on any atom is 0.130 e. The Morgan fingerprint density at radius 3 is 2.33 bits per heavy atom. The molecule has 5 aromatic rings. The third kappa shape index (κ3) is 5.12. The summed E-state index contributed by atoms with van der Waals surface area (Å²) in [5, 5.41) is 12.4. The predicted octanol–water partition coefficient (Wildman–Crippen LogP) is 9.29. The molecular formula is C43H41N5. The summed E-state index contributed by atoms with van der Waals surface area (Å²) in [6.45, 7) is 4.85. The molecule has 1 aliphatic carbocycles. The first-order chi connectivity index (χ1) is 23.8. The van der Waals surface area contributed by atoms with Crippen LogP contribution < -0.4 is 20.9 Å². The second kappa shape index (κ2) is 12.8. The summed E-state index contributed by atoms with van der Waals surface area (Å²) in [4.78, 5) is 2.46. The smallest absolute Gasteiger partial charge is 0.130 e. The molecule has 0 radical (unpaired) electrons. The number of nitrogens with zero attached hydrogens (tertiary/aromatic N) is 2. The van der Waals surface area contributed by atoms with E-state index in [4.69, 9.17) is 0 Å². The number of para-hydroxylation sites is 2. The number of benzene rings is 4. The monoisotopic (exact) mass is 627 g/mol. The van der Waals surface area contributed by atoms with E-state index < -0.39 is 0 Å². The lowest BCUT2D eigenvalue weighted by atomic mass is 9.98. The molecule has 4 aromatic carbocycles. The zero-order valence-corrected chi connectivity index (χ0v) is 27.5. The normalized spacial score (nSPS) is 19.0. The largest absolute Gasteiger partial charge is 0.387 e. The van der Waals surface area contributed by atoms with Crippen molar-refractivity contribution < 1.29 is 0 Å². The van der Waals surface area contributed by atoms with Gasteiger partial charge in [0.1, 0.15) is 6.17 Å². The third-order valence-corrected chi connectivity index (χ3v) is 9.54. The van der Waals surface area contributed by atoms with Gasteiger partial charge in [0, 0.05) is 35.2 Å². The Hall–Kier alpha value is -5.68. The summed E-state index contributed by atoms with van der Waals surface area (Å²) in [6, 6.07) is 37.5. The summed E-state index contributed by atoms with van der Waals surface area (Å²) < 4.78 is 2.47. The maximum absolute atomic E-state index is 4.02. The van der Waals surface area contributed by atoms with Crippen LogP contribution in [0.4, 0.5) is 5.69 Å². The van der Waals surface area contributed by atoms with Gasteiger partial charge in [-0.1, -0.05) is 98.8 Å². The number of aromatic nitrogens is 1. The molecule has 238 valence electrons. The molecule has 3 N–H and O–H groups in total. The summed E-state index contributed by atoms with van der Waals surface area (Å²) in [6.07, 6.45) is 17.5. The van der Waals surface area contributed by atoms with Gasteiger partial charge in [0.2, 0.25) is 0 Å². The van der Waals surface area contributed by atoms with Crippen LogP contribution in [0.3, 0.4) is 0 Å². The van der Waals surface area contributed by atoms with Gasteiger partial charge < -0.3 is 25.4 Å². The molecule has 9 rings (SSSR count). The summed E-state index contributed by atoms with van der Waals surface area (Å²) in [5.41, 5.74) is 13.5. The van der Waals surface area contributed by atoms with Crippen LogP contribution in [0.25, 0.3) is 28.2 Å². The van der Waals surface area contributed by atoms with Gasteiger partial charge in [0.15, 0.2) is 0 Å². The minimum absolute atomic E-state index is 0.0267. The molecule has 5 nitrogen and oxygen atoms in total. The van der Waals surface area contributed by atoms with Crippen molar-refractivity contribution >= 4 is 28.2 Å². The van der Waals surface area contributed by atoms with E-state index in [-0.39, 0.29) is 12.2 Å². The highest BCUT2D eigenvalue weighted by Crippen LogP contribution is 2.43. The Balaban J connectivity index is 0.00000165.